The first-order valence-electron chi connectivity index (χ1n) is 5.55. The van der Waals surface area contributed by atoms with Gasteiger partial charge in [0.2, 0.25) is 5.91 Å². The third-order valence-corrected chi connectivity index (χ3v) is 4.29. The summed E-state index contributed by atoms with van der Waals surface area (Å²) in [4.78, 5) is 12.2. The van der Waals surface area contributed by atoms with E-state index in [-0.39, 0.29) is 11.3 Å². The number of benzene rings is 1. The molecule has 0 bridgehead atoms. The predicted molar refractivity (Wildman–Crippen MR) is 66.6 cm³/mol. The molecule has 1 aromatic rings. The summed E-state index contributed by atoms with van der Waals surface area (Å²) in [7, 11) is 0. The second-order valence-electron chi connectivity index (χ2n) is 4.45. The third kappa shape index (κ3) is 1.26. The molecule has 1 fully saturated rings. The maximum Gasteiger partial charge on any atom is 0.235 e. The van der Waals surface area contributed by atoms with Gasteiger partial charge in [-0.15, -0.1) is 0 Å². The summed E-state index contributed by atoms with van der Waals surface area (Å²) < 4.78 is 1.05. The maximum atomic E-state index is 12.2. The van der Waals surface area contributed by atoms with Crippen LogP contribution in [-0.4, -0.2) is 19.0 Å². The molecule has 1 aromatic carbocycles. The van der Waals surface area contributed by atoms with Gasteiger partial charge >= 0.3 is 0 Å². The first kappa shape index (κ1) is 10.3. The number of piperidine rings is 1. The fourth-order valence-corrected chi connectivity index (χ4v) is 3.55. The summed E-state index contributed by atoms with van der Waals surface area (Å²) in [6.07, 6.45) is 1.77. The van der Waals surface area contributed by atoms with E-state index in [0.29, 0.717) is 0 Å². The van der Waals surface area contributed by atoms with E-state index in [1.54, 1.807) is 0 Å². The van der Waals surface area contributed by atoms with E-state index in [0.717, 1.165) is 41.7 Å². The van der Waals surface area contributed by atoms with Gasteiger partial charge in [0.25, 0.3) is 0 Å². The van der Waals surface area contributed by atoms with E-state index >= 15 is 0 Å². The highest BCUT2D eigenvalue weighted by Crippen LogP contribution is 2.46. The van der Waals surface area contributed by atoms with E-state index in [2.05, 4.69) is 26.6 Å². The molecule has 3 nitrogen and oxygen atoms in total. The van der Waals surface area contributed by atoms with Crippen LogP contribution in [0.25, 0.3) is 0 Å². The molecule has 2 aliphatic heterocycles. The van der Waals surface area contributed by atoms with Crippen LogP contribution in [0.4, 0.5) is 5.69 Å². The molecule has 0 aliphatic carbocycles. The topological polar surface area (TPSA) is 41.1 Å². The van der Waals surface area contributed by atoms with Gasteiger partial charge < -0.3 is 10.6 Å². The molecule has 2 N–H and O–H groups in total. The number of rotatable bonds is 0. The lowest BCUT2D eigenvalue weighted by Crippen LogP contribution is -2.44. The molecule has 4 heteroatoms. The molecule has 16 heavy (non-hydrogen) atoms. The highest BCUT2D eigenvalue weighted by Gasteiger charge is 2.48. The minimum Gasteiger partial charge on any atom is -0.325 e. The molecule has 0 radical (unpaired) electrons. The van der Waals surface area contributed by atoms with Gasteiger partial charge in [-0.2, -0.15) is 0 Å². The fraction of sp³-hybridized carbons (Fsp3) is 0.417. The molecule has 1 saturated heterocycles. The standard InChI is InChI=1S/C12H13BrN2O/c13-8-2-1-3-9-10(8)12(11(16)15-9)4-6-14-7-5-12/h1-3,14H,4-7H2,(H,15,16). The number of nitrogens with one attached hydrogen (secondary N) is 2. The van der Waals surface area contributed by atoms with E-state index in [4.69, 9.17) is 0 Å². The van der Waals surface area contributed by atoms with Crippen molar-refractivity contribution in [3.05, 3.63) is 28.2 Å². The van der Waals surface area contributed by atoms with Crippen LogP contribution in [0.15, 0.2) is 22.7 Å². The van der Waals surface area contributed by atoms with Crippen LogP contribution >= 0.6 is 15.9 Å². The zero-order valence-corrected chi connectivity index (χ0v) is 10.4. The number of carbonyl (C=O) groups is 1. The molecule has 1 amide bonds. The smallest absolute Gasteiger partial charge is 0.235 e. The number of carbonyl (C=O) groups excluding carboxylic acids is 1. The van der Waals surface area contributed by atoms with Gasteiger partial charge in [0, 0.05) is 15.7 Å². The summed E-state index contributed by atoms with van der Waals surface area (Å²) in [6.45, 7) is 1.82. The molecule has 1 spiro atoms. The number of hydrogen-bond donors (Lipinski definition) is 2. The summed E-state index contributed by atoms with van der Waals surface area (Å²) >= 11 is 3.57. The lowest BCUT2D eigenvalue weighted by atomic mass is 9.74. The number of amides is 1. The van der Waals surface area contributed by atoms with Crippen molar-refractivity contribution in [3.63, 3.8) is 0 Å². The average Bonchev–Trinajstić information content (AvgIpc) is 2.55. The van der Waals surface area contributed by atoms with Gasteiger partial charge in [0.15, 0.2) is 0 Å². The quantitative estimate of drug-likeness (QED) is 0.764. The number of hydrogen-bond acceptors (Lipinski definition) is 2. The SMILES string of the molecule is O=C1Nc2cccc(Br)c2C12CCNCC2. The highest BCUT2D eigenvalue weighted by molar-refractivity contribution is 9.10. The van der Waals surface area contributed by atoms with Crippen LogP contribution in [0.2, 0.25) is 0 Å². The van der Waals surface area contributed by atoms with Crippen LogP contribution in [0, 0.1) is 0 Å². The van der Waals surface area contributed by atoms with Crippen LogP contribution in [0.3, 0.4) is 0 Å². The molecule has 0 unspecified atom stereocenters. The van der Waals surface area contributed by atoms with Gasteiger partial charge in [-0.3, -0.25) is 4.79 Å². The van der Waals surface area contributed by atoms with Crippen molar-refractivity contribution < 1.29 is 4.79 Å². The normalized spacial score (nSPS) is 21.9. The van der Waals surface area contributed by atoms with Crippen molar-refractivity contribution in [2.45, 2.75) is 18.3 Å². The van der Waals surface area contributed by atoms with Crippen molar-refractivity contribution in [1.82, 2.24) is 5.32 Å². The Morgan fingerprint density at radius 2 is 2.00 bits per heavy atom. The lowest BCUT2D eigenvalue weighted by Gasteiger charge is -2.32. The van der Waals surface area contributed by atoms with E-state index in [9.17, 15) is 4.79 Å². The first-order valence-corrected chi connectivity index (χ1v) is 6.34. The summed E-state index contributed by atoms with van der Waals surface area (Å²) in [5.41, 5.74) is 1.82. The molecule has 0 saturated carbocycles. The Hall–Kier alpha value is -0.870. The Bertz CT molecular complexity index is 452. The molecule has 0 atom stereocenters. The van der Waals surface area contributed by atoms with Crippen molar-refractivity contribution in [1.29, 1.82) is 0 Å². The molecular formula is C12H13BrN2O. The van der Waals surface area contributed by atoms with Crippen LogP contribution in [0.1, 0.15) is 18.4 Å². The first-order chi connectivity index (χ1) is 7.74. The minimum absolute atomic E-state index is 0.163. The van der Waals surface area contributed by atoms with Crippen LogP contribution < -0.4 is 10.6 Å². The maximum absolute atomic E-state index is 12.2. The average molecular weight is 281 g/mol. The Morgan fingerprint density at radius 3 is 2.75 bits per heavy atom. The monoisotopic (exact) mass is 280 g/mol. The Balaban J connectivity index is 2.17. The number of fused-ring (bicyclic) bond motifs is 2. The number of halogens is 1. The molecule has 2 heterocycles. The molecule has 2 aliphatic rings. The summed E-state index contributed by atoms with van der Waals surface area (Å²) in [5, 5.41) is 6.31. The Kier molecular flexibility index (Phi) is 2.30. The highest BCUT2D eigenvalue weighted by atomic mass is 79.9. The fourth-order valence-electron chi connectivity index (χ4n) is 2.80. The second-order valence-corrected chi connectivity index (χ2v) is 5.30. The Labute approximate surface area is 103 Å². The van der Waals surface area contributed by atoms with Gasteiger partial charge in [-0.25, -0.2) is 0 Å². The van der Waals surface area contributed by atoms with Gasteiger partial charge in [-0.05, 0) is 38.1 Å². The van der Waals surface area contributed by atoms with E-state index in [1.165, 1.54) is 0 Å². The minimum atomic E-state index is -0.305. The molecule has 3 rings (SSSR count). The van der Waals surface area contributed by atoms with Gasteiger partial charge in [0.05, 0.1) is 5.41 Å². The van der Waals surface area contributed by atoms with E-state index in [1.807, 2.05) is 18.2 Å². The molecule has 84 valence electrons. The van der Waals surface area contributed by atoms with Gasteiger partial charge in [0.1, 0.15) is 0 Å². The van der Waals surface area contributed by atoms with Crippen molar-refractivity contribution >= 4 is 27.5 Å². The van der Waals surface area contributed by atoms with Crippen molar-refractivity contribution in [3.8, 4) is 0 Å². The van der Waals surface area contributed by atoms with Crippen LogP contribution in [-0.2, 0) is 10.2 Å². The van der Waals surface area contributed by atoms with Crippen molar-refractivity contribution in [2.24, 2.45) is 0 Å². The Morgan fingerprint density at radius 1 is 1.25 bits per heavy atom. The zero-order valence-electron chi connectivity index (χ0n) is 8.85. The third-order valence-electron chi connectivity index (χ3n) is 3.63. The molecular weight excluding hydrogens is 268 g/mol. The van der Waals surface area contributed by atoms with Gasteiger partial charge in [-0.1, -0.05) is 22.0 Å². The largest absolute Gasteiger partial charge is 0.325 e. The van der Waals surface area contributed by atoms with Crippen molar-refractivity contribution in [2.75, 3.05) is 18.4 Å². The van der Waals surface area contributed by atoms with E-state index < -0.39 is 0 Å². The number of anilines is 1. The molecule has 0 aromatic heterocycles. The summed E-state index contributed by atoms with van der Waals surface area (Å²) in [5.74, 6) is 0.163. The lowest BCUT2D eigenvalue weighted by molar-refractivity contribution is -0.121. The predicted octanol–water partition coefficient (Wildman–Crippen LogP) is 2.02. The zero-order chi connectivity index (χ0) is 11.2. The second kappa shape index (κ2) is 3.57. The van der Waals surface area contributed by atoms with Crippen LogP contribution in [0.5, 0.6) is 0 Å². The summed E-state index contributed by atoms with van der Waals surface area (Å²) in [6, 6.07) is 5.96.